The molecule has 0 bridgehead atoms. The summed E-state index contributed by atoms with van der Waals surface area (Å²) in [6.07, 6.45) is 0. The highest BCUT2D eigenvalue weighted by molar-refractivity contribution is 9.10. The Hall–Kier alpha value is -2.79. The summed E-state index contributed by atoms with van der Waals surface area (Å²) in [5.41, 5.74) is 1.24. The van der Waals surface area contributed by atoms with Crippen LogP contribution in [0.2, 0.25) is 0 Å². The van der Waals surface area contributed by atoms with Crippen LogP contribution in [0.3, 0.4) is 0 Å². The van der Waals surface area contributed by atoms with Crippen molar-refractivity contribution in [1.29, 1.82) is 5.26 Å². The highest BCUT2D eigenvalue weighted by atomic mass is 79.9. The normalized spacial score (nSPS) is 10.1. The molecule has 8 heteroatoms. The van der Waals surface area contributed by atoms with E-state index in [2.05, 4.69) is 25.7 Å². The predicted molar refractivity (Wildman–Crippen MR) is 98.3 cm³/mol. The molecule has 0 aliphatic rings. The summed E-state index contributed by atoms with van der Waals surface area (Å²) in [7, 11) is 1.27. The molecule has 1 aromatic heterocycles. The fourth-order valence-electron chi connectivity index (χ4n) is 2.33. The van der Waals surface area contributed by atoms with Crippen molar-refractivity contribution in [3.05, 3.63) is 44.3 Å². The molecule has 0 atom stereocenters. The second-order valence-corrected chi connectivity index (χ2v) is 6.11. The maximum Gasteiger partial charge on any atom is 0.343 e. The van der Waals surface area contributed by atoms with Crippen LogP contribution >= 0.6 is 15.9 Å². The first-order chi connectivity index (χ1) is 12.4. The number of carbonyl (C=O) groups excluding carboxylic acids is 1. The average molecular weight is 421 g/mol. The summed E-state index contributed by atoms with van der Waals surface area (Å²) >= 11 is 3.43. The molecule has 0 aliphatic heterocycles. The number of rotatable bonds is 6. The number of methoxy groups -OCH3 is 1. The summed E-state index contributed by atoms with van der Waals surface area (Å²) in [4.78, 5) is 26.0. The molecule has 0 aliphatic carbocycles. The van der Waals surface area contributed by atoms with Crippen LogP contribution in [0.25, 0.3) is 11.1 Å². The third-order valence-electron chi connectivity index (χ3n) is 3.48. The van der Waals surface area contributed by atoms with E-state index in [1.807, 2.05) is 13.0 Å². The SMILES string of the molecule is CCOc1cc(-c2cc(C)[nH]c(=O)c2C#N)c(Br)cc1OCC(=O)OC. The van der Waals surface area contributed by atoms with Gasteiger partial charge >= 0.3 is 5.97 Å². The molecule has 0 amide bonds. The zero-order valence-electron chi connectivity index (χ0n) is 14.5. The van der Waals surface area contributed by atoms with Crippen molar-refractivity contribution in [1.82, 2.24) is 4.98 Å². The van der Waals surface area contributed by atoms with Gasteiger partial charge in [-0.2, -0.15) is 5.26 Å². The molecule has 1 aromatic carbocycles. The molecule has 0 spiro atoms. The van der Waals surface area contributed by atoms with Gasteiger partial charge in [-0.15, -0.1) is 0 Å². The summed E-state index contributed by atoms with van der Waals surface area (Å²) in [6, 6.07) is 6.93. The summed E-state index contributed by atoms with van der Waals surface area (Å²) < 4.78 is 16.2. The molecule has 0 unspecified atom stereocenters. The lowest BCUT2D eigenvalue weighted by atomic mass is 10.0. The van der Waals surface area contributed by atoms with Crippen LogP contribution in [0.5, 0.6) is 11.5 Å². The number of pyridine rings is 1. The topological polar surface area (TPSA) is 101 Å². The minimum atomic E-state index is -0.523. The minimum Gasteiger partial charge on any atom is -0.490 e. The van der Waals surface area contributed by atoms with Gasteiger partial charge in [0.1, 0.15) is 11.6 Å². The van der Waals surface area contributed by atoms with Crippen molar-refractivity contribution >= 4 is 21.9 Å². The van der Waals surface area contributed by atoms with Gasteiger partial charge in [-0.05, 0) is 32.0 Å². The lowest BCUT2D eigenvalue weighted by molar-refractivity contribution is -0.142. The van der Waals surface area contributed by atoms with Gasteiger partial charge in [0.25, 0.3) is 5.56 Å². The van der Waals surface area contributed by atoms with E-state index >= 15 is 0 Å². The van der Waals surface area contributed by atoms with Crippen LogP contribution in [-0.2, 0) is 9.53 Å². The van der Waals surface area contributed by atoms with Crippen LogP contribution in [0.15, 0.2) is 27.5 Å². The molecule has 1 heterocycles. The number of esters is 1. The van der Waals surface area contributed by atoms with E-state index in [1.165, 1.54) is 7.11 Å². The number of hydrogen-bond acceptors (Lipinski definition) is 6. The Morgan fingerprint density at radius 1 is 1.23 bits per heavy atom. The first-order valence-corrected chi connectivity index (χ1v) is 8.50. The number of ether oxygens (including phenoxy) is 3. The molecule has 0 saturated carbocycles. The second kappa shape index (κ2) is 8.54. The van der Waals surface area contributed by atoms with Crippen molar-refractivity contribution in [3.8, 4) is 28.7 Å². The maximum absolute atomic E-state index is 12.1. The molecule has 2 aromatic rings. The Balaban J connectivity index is 2.58. The number of halogens is 1. The number of aromatic amines is 1. The highest BCUT2D eigenvalue weighted by Crippen LogP contribution is 2.39. The van der Waals surface area contributed by atoms with E-state index in [1.54, 1.807) is 25.1 Å². The quantitative estimate of drug-likeness (QED) is 0.720. The lowest BCUT2D eigenvalue weighted by Gasteiger charge is -2.15. The van der Waals surface area contributed by atoms with Crippen LogP contribution in [-0.4, -0.2) is 31.3 Å². The molecule has 26 heavy (non-hydrogen) atoms. The van der Waals surface area contributed by atoms with Gasteiger partial charge in [0.2, 0.25) is 0 Å². The van der Waals surface area contributed by atoms with Crippen molar-refractivity contribution in [3.63, 3.8) is 0 Å². The zero-order chi connectivity index (χ0) is 19.3. The van der Waals surface area contributed by atoms with Gasteiger partial charge in [0.15, 0.2) is 18.1 Å². The molecule has 1 N–H and O–H groups in total. The Labute approximate surface area is 158 Å². The highest BCUT2D eigenvalue weighted by Gasteiger charge is 2.18. The third kappa shape index (κ3) is 4.24. The number of H-pyrrole nitrogens is 1. The number of aryl methyl sites for hydroxylation is 1. The molecule has 0 saturated heterocycles. The predicted octanol–water partition coefficient (Wildman–Crippen LogP) is 2.94. The van der Waals surface area contributed by atoms with Crippen LogP contribution in [0, 0.1) is 18.3 Å². The molecule has 136 valence electrons. The molecule has 7 nitrogen and oxygen atoms in total. The largest absolute Gasteiger partial charge is 0.490 e. The van der Waals surface area contributed by atoms with Gasteiger partial charge in [0.05, 0.1) is 13.7 Å². The van der Waals surface area contributed by atoms with E-state index < -0.39 is 11.5 Å². The van der Waals surface area contributed by atoms with Gasteiger partial charge in [-0.3, -0.25) is 4.79 Å². The Morgan fingerprint density at radius 3 is 2.54 bits per heavy atom. The second-order valence-electron chi connectivity index (χ2n) is 5.26. The fraction of sp³-hybridized carbons (Fsp3) is 0.278. The summed E-state index contributed by atoms with van der Waals surface area (Å²) in [5, 5.41) is 9.35. The van der Waals surface area contributed by atoms with Crippen LogP contribution in [0.1, 0.15) is 18.2 Å². The molecule has 0 radical (unpaired) electrons. The number of hydrogen-bond donors (Lipinski definition) is 1. The molecular formula is C18H17BrN2O5. The van der Waals surface area contributed by atoms with E-state index in [0.29, 0.717) is 39.4 Å². The minimum absolute atomic E-state index is 0.00183. The number of benzene rings is 1. The Kier molecular flexibility index (Phi) is 6.41. The number of carbonyl (C=O) groups is 1. The van der Waals surface area contributed by atoms with E-state index in [9.17, 15) is 14.9 Å². The first-order valence-electron chi connectivity index (χ1n) is 7.71. The van der Waals surface area contributed by atoms with Crippen molar-refractivity contribution in [2.45, 2.75) is 13.8 Å². The van der Waals surface area contributed by atoms with Gasteiger partial charge in [0, 0.05) is 21.3 Å². The number of nitriles is 1. The Morgan fingerprint density at radius 2 is 1.92 bits per heavy atom. The molecule has 0 fully saturated rings. The average Bonchev–Trinajstić information content (AvgIpc) is 2.60. The first kappa shape index (κ1) is 19.5. The van der Waals surface area contributed by atoms with Crippen LogP contribution in [0.4, 0.5) is 0 Å². The lowest BCUT2D eigenvalue weighted by Crippen LogP contribution is -2.14. The molecular weight excluding hydrogens is 404 g/mol. The van der Waals surface area contributed by atoms with Crippen molar-refractivity contribution < 1.29 is 19.0 Å². The monoisotopic (exact) mass is 420 g/mol. The number of nitrogens with one attached hydrogen (secondary N) is 1. The Bertz CT molecular complexity index is 930. The zero-order valence-corrected chi connectivity index (χ0v) is 16.1. The van der Waals surface area contributed by atoms with Gasteiger partial charge in [-0.25, -0.2) is 4.79 Å². The number of aromatic nitrogens is 1. The maximum atomic E-state index is 12.1. The van der Waals surface area contributed by atoms with Gasteiger partial charge < -0.3 is 19.2 Å². The van der Waals surface area contributed by atoms with Crippen molar-refractivity contribution in [2.24, 2.45) is 0 Å². The standard InChI is InChI=1S/C18H17BrN2O5/c1-4-25-15-6-12(11-5-10(2)21-18(23)13(11)8-20)14(19)7-16(15)26-9-17(22)24-3/h5-7H,4,9H2,1-3H3,(H,21,23). The van der Waals surface area contributed by atoms with E-state index in [0.717, 1.165) is 0 Å². The molecule has 2 rings (SSSR count). The third-order valence-corrected chi connectivity index (χ3v) is 4.13. The van der Waals surface area contributed by atoms with Crippen LogP contribution < -0.4 is 15.0 Å². The smallest absolute Gasteiger partial charge is 0.343 e. The fourth-order valence-corrected chi connectivity index (χ4v) is 2.87. The summed E-state index contributed by atoms with van der Waals surface area (Å²) in [5.74, 6) is 0.203. The van der Waals surface area contributed by atoms with Gasteiger partial charge in [-0.1, -0.05) is 15.9 Å². The number of nitrogens with zero attached hydrogens (tertiary/aromatic N) is 1. The van der Waals surface area contributed by atoms with E-state index in [4.69, 9.17) is 9.47 Å². The van der Waals surface area contributed by atoms with E-state index in [-0.39, 0.29) is 12.2 Å². The van der Waals surface area contributed by atoms with Crippen molar-refractivity contribution in [2.75, 3.05) is 20.3 Å². The summed E-state index contributed by atoms with van der Waals surface area (Å²) in [6.45, 7) is 3.65.